The van der Waals surface area contributed by atoms with Crippen LogP contribution in [0.5, 0.6) is 0 Å². The van der Waals surface area contributed by atoms with Crippen LogP contribution in [-0.4, -0.2) is 0 Å². The normalized spacial score (nSPS) is 9.69. The lowest BCUT2D eigenvalue weighted by atomic mass is 10.2. The van der Waals surface area contributed by atoms with E-state index >= 15 is 0 Å². The Morgan fingerprint density at radius 2 is 1.92 bits per heavy atom. The van der Waals surface area contributed by atoms with Gasteiger partial charge in [0.05, 0.1) is 4.47 Å². The highest BCUT2D eigenvalue weighted by Crippen LogP contribution is 2.14. The highest BCUT2D eigenvalue weighted by molar-refractivity contribution is 9.10. The Bertz CT molecular complexity index is 426. The fourth-order valence-corrected chi connectivity index (χ4v) is 1.92. The van der Waals surface area contributed by atoms with Crippen molar-refractivity contribution in [1.29, 1.82) is 0 Å². The molecule has 0 atom stereocenters. The molecule has 1 heterocycles. The Hall–Kier alpha value is -0.410. The summed E-state index contributed by atoms with van der Waals surface area (Å²) in [5.74, 6) is 0. The molecule has 2 aromatic rings. The van der Waals surface area contributed by atoms with Crippen LogP contribution in [0.3, 0.4) is 0 Å². The van der Waals surface area contributed by atoms with Crippen LogP contribution in [0.25, 0.3) is 10.9 Å². The average Bonchev–Trinajstić information content (AvgIpc) is 2.04. The molecule has 0 fully saturated rings. The van der Waals surface area contributed by atoms with Crippen LogP contribution < -0.4 is 21.5 Å². The maximum atomic E-state index is 3.46. The van der Waals surface area contributed by atoms with Gasteiger partial charge in [-0.15, -0.1) is 0 Å². The third kappa shape index (κ3) is 2.09. The number of hydrogen-bond donors (Lipinski definition) is 0. The molecule has 68 valence electrons. The number of pyridine rings is 1. The van der Waals surface area contributed by atoms with Crippen molar-refractivity contribution in [2.45, 2.75) is 0 Å². The lowest BCUT2D eigenvalue weighted by Gasteiger charge is -1.95. The van der Waals surface area contributed by atoms with Gasteiger partial charge in [0.2, 0.25) is 5.52 Å². The van der Waals surface area contributed by atoms with Gasteiger partial charge in [0.1, 0.15) is 7.05 Å². The Kier molecular flexibility index (Phi) is 3.45. The van der Waals surface area contributed by atoms with Crippen molar-refractivity contribution in [1.82, 2.24) is 0 Å². The van der Waals surface area contributed by atoms with Gasteiger partial charge in [-0.05, 0) is 28.1 Å². The first-order valence-electron chi connectivity index (χ1n) is 3.81. The molecular weight excluding hydrogens is 294 g/mol. The maximum Gasteiger partial charge on any atom is 0.212 e. The summed E-state index contributed by atoms with van der Waals surface area (Å²) in [6, 6.07) is 10.4. The monoisotopic (exact) mass is 301 g/mol. The number of rotatable bonds is 0. The molecule has 0 amide bonds. The summed E-state index contributed by atoms with van der Waals surface area (Å²) < 4.78 is 3.23. The molecule has 0 unspecified atom stereocenters. The molecule has 1 aromatic heterocycles. The zero-order valence-electron chi connectivity index (χ0n) is 7.17. The Balaban J connectivity index is 0.000000845. The highest BCUT2D eigenvalue weighted by atomic mass is 79.9. The number of aromatic nitrogens is 1. The van der Waals surface area contributed by atoms with Gasteiger partial charge in [0, 0.05) is 11.5 Å². The minimum atomic E-state index is 0. The number of nitrogens with zero attached hydrogens (tertiary/aromatic N) is 1. The van der Waals surface area contributed by atoms with E-state index in [4.69, 9.17) is 0 Å². The molecule has 0 saturated carbocycles. The fourth-order valence-electron chi connectivity index (χ4n) is 1.37. The van der Waals surface area contributed by atoms with Gasteiger partial charge in [0.15, 0.2) is 6.20 Å². The fraction of sp³-hybridized carbons (Fsp3) is 0.100. The van der Waals surface area contributed by atoms with Gasteiger partial charge in [-0.1, -0.05) is 12.1 Å². The minimum absolute atomic E-state index is 0. The van der Waals surface area contributed by atoms with E-state index in [2.05, 4.69) is 57.0 Å². The van der Waals surface area contributed by atoms with E-state index in [1.165, 1.54) is 10.9 Å². The second kappa shape index (κ2) is 4.20. The minimum Gasteiger partial charge on any atom is -1.00 e. The van der Waals surface area contributed by atoms with Crippen molar-refractivity contribution in [3.05, 3.63) is 41.0 Å². The number of hydrogen-bond acceptors (Lipinski definition) is 0. The van der Waals surface area contributed by atoms with Gasteiger partial charge in [0.25, 0.3) is 0 Å². The summed E-state index contributed by atoms with van der Waals surface area (Å²) in [5, 5.41) is 1.26. The highest BCUT2D eigenvalue weighted by Gasteiger charge is 2.03. The van der Waals surface area contributed by atoms with Crippen LogP contribution in [0.15, 0.2) is 41.0 Å². The first kappa shape index (κ1) is 10.7. The van der Waals surface area contributed by atoms with Crippen molar-refractivity contribution in [3.8, 4) is 0 Å². The lowest BCUT2D eigenvalue weighted by Crippen LogP contribution is -3.00. The van der Waals surface area contributed by atoms with Crippen LogP contribution in [0.1, 0.15) is 0 Å². The standard InChI is InChI=1S/C10H9BrN.BrH/c1-12-7-9(11)6-8-4-2-3-5-10(8)12;/h2-7H,1H3;1H/q+1;/p-1. The van der Waals surface area contributed by atoms with Crippen LogP contribution in [0, 0.1) is 0 Å². The summed E-state index contributed by atoms with van der Waals surface area (Å²) in [4.78, 5) is 0. The van der Waals surface area contributed by atoms with Crippen LogP contribution in [0.2, 0.25) is 0 Å². The van der Waals surface area contributed by atoms with Crippen molar-refractivity contribution in [2.75, 3.05) is 0 Å². The molecule has 13 heavy (non-hydrogen) atoms. The summed E-state index contributed by atoms with van der Waals surface area (Å²) >= 11 is 3.46. The van der Waals surface area contributed by atoms with Gasteiger partial charge in [-0.2, -0.15) is 4.57 Å². The van der Waals surface area contributed by atoms with Gasteiger partial charge in [-0.3, -0.25) is 0 Å². The number of aryl methyl sites for hydroxylation is 1. The number of benzene rings is 1. The lowest BCUT2D eigenvalue weighted by molar-refractivity contribution is -0.645. The van der Waals surface area contributed by atoms with Crippen molar-refractivity contribution < 1.29 is 21.5 Å². The van der Waals surface area contributed by atoms with E-state index in [1.54, 1.807) is 0 Å². The molecule has 3 heteroatoms. The van der Waals surface area contributed by atoms with E-state index in [0.29, 0.717) is 0 Å². The van der Waals surface area contributed by atoms with E-state index in [0.717, 1.165) is 4.47 Å². The molecule has 0 radical (unpaired) electrons. The summed E-state index contributed by atoms with van der Waals surface area (Å²) in [6.07, 6.45) is 2.06. The largest absolute Gasteiger partial charge is 1.00 e. The van der Waals surface area contributed by atoms with Crippen molar-refractivity contribution in [3.63, 3.8) is 0 Å². The summed E-state index contributed by atoms with van der Waals surface area (Å²) in [6.45, 7) is 0. The smallest absolute Gasteiger partial charge is 0.212 e. The van der Waals surface area contributed by atoms with E-state index in [1.807, 2.05) is 7.05 Å². The van der Waals surface area contributed by atoms with E-state index < -0.39 is 0 Å². The van der Waals surface area contributed by atoms with Gasteiger partial charge < -0.3 is 17.0 Å². The second-order valence-electron chi connectivity index (χ2n) is 2.83. The molecule has 2 rings (SSSR count). The SMILES string of the molecule is C[n+]1cc(Br)cc2ccccc21.[Br-]. The third-order valence-corrected chi connectivity index (χ3v) is 2.36. The molecular formula is C10H9Br2N. The zero-order valence-corrected chi connectivity index (χ0v) is 10.3. The molecule has 0 N–H and O–H groups in total. The van der Waals surface area contributed by atoms with Crippen LogP contribution in [-0.2, 0) is 7.05 Å². The third-order valence-electron chi connectivity index (χ3n) is 1.93. The van der Waals surface area contributed by atoms with Gasteiger partial charge >= 0.3 is 0 Å². The predicted molar refractivity (Wildman–Crippen MR) is 52.8 cm³/mol. The first-order chi connectivity index (χ1) is 5.77. The Morgan fingerprint density at radius 3 is 2.69 bits per heavy atom. The Morgan fingerprint density at radius 1 is 1.23 bits per heavy atom. The topological polar surface area (TPSA) is 3.88 Å². The molecule has 1 aromatic carbocycles. The molecule has 0 spiro atoms. The number of fused-ring (bicyclic) bond motifs is 1. The van der Waals surface area contributed by atoms with Crippen molar-refractivity contribution >= 4 is 26.8 Å². The van der Waals surface area contributed by atoms with E-state index in [-0.39, 0.29) is 17.0 Å². The van der Waals surface area contributed by atoms with E-state index in [9.17, 15) is 0 Å². The molecule has 1 nitrogen and oxygen atoms in total. The Labute approximate surface area is 96.3 Å². The molecule has 0 aliphatic carbocycles. The first-order valence-corrected chi connectivity index (χ1v) is 4.60. The zero-order chi connectivity index (χ0) is 8.55. The van der Waals surface area contributed by atoms with Crippen molar-refractivity contribution in [2.24, 2.45) is 7.05 Å². The van der Waals surface area contributed by atoms with Gasteiger partial charge in [-0.25, -0.2) is 0 Å². The number of para-hydroxylation sites is 1. The molecule has 0 bridgehead atoms. The van der Waals surface area contributed by atoms with Crippen LogP contribution in [0.4, 0.5) is 0 Å². The maximum absolute atomic E-state index is 3.46. The van der Waals surface area contributed by atoms with Crippen LogP contribution >= 0.6 is 15.9 Å². The molecule has 0 aliphatic rings. The number of halogens is 2. The molecule has 0 aliphatic heterocycles. The average molecular weight is 303 g/mol. The molecule has 0 saturated heterocycles. The predicted octanol–water partition coefficient (Wildman–Crippen LogP) is -0.569. The summed E-state index contributed by atoms with van der Waals surface area (Å²) in [5.41, 5.74) is 1.25. The summed E-state index contributed by atoms with van der Waals surface area (Å²) in [7, 11) is 2.05. The second-order valence-corrected chi connectivity index (χ2v) is 3.74. The quantitative estimate of drug-likeness (QED) is 0.574.